The minimum Gasteiger partial charge on any atom is -0.370 e. The average Bonchev–Trinajstić information content (AvgIpc) is 2.94. The zero-order valence-corrected chi connectivity index (χ0v) is 13.0. The van der Waals surface area contributed by atoms with E-state index in [1.807, 2.05) is 12.3 Å². The van der Waals surface area contributed by atoms with Crippen LogP contribution >= 0.6 is 11.3 Å². The fourth-order valence-corrected chi connectivity index (χ4v) is 2.45. The van der Waals surface area contributed by atoms with E-state index in [0.29, 0.717) is 29.8 Å². The lowest BCUT2D eigenvalue weighted by molar-refractivity contribution is 0.630. The monoisotopic (exact) mass is 306 g/mol. The first-order valence-electron chi connectivity index (χ1n) is 6.86. The van der Waals surface area contributed by atoms with E-state index < -0.39 is 0 Å². The van der Waals surface area contributed by atoms with Gasteiger partial charge in [0, 0.05) is 17.0 Å². The van der Waals surface area contributed by atoms with Gasteiger partial charge in [-0.2, -0.15) is 0 Å². The Bertz CT molecular complexity index is 624. The van der Waals surface area contributed by atoms with Crippen molar-refractivity contribution in [3.8, 4) is 11.3 Å². The van der Waals surface area contributed by atoms with Crippen LogP contribution in [-0.2, 0) is 6.54 Å². The smallest absolute Gasteiger partial charge is 0.189 e. The highest BCUT2D eigenvalue weighted by Gasteiger charge is 2.08. The lowest BCUT2D eigenvalue weighted by Gasteiger charge is -2.11. The van der Waals surface area contributed by atoms with Crippen molar-refractivity contribution in [1.29, 1.82) is 0 Å². The molecular formula is C15H19FN4S. The number of nitrogens with two attached hydrogens (primary N) is 1. The number of thiazole rings is 1. The molecule has 1 atom stereocenters. The first kappa shape index (κ1) is 15.4. The second-order valence-electron chi connectivity index (χ2n) is 4.76. The van der Waals surface area contributed by atoms with Crippen LogP contribution in [0, 0.1) is 5.82 Å². The molecule has 21 heavy (non-hydrogen) atoms. The van der Waals surface area contributed by atoms with Crippen LogP contribution in [0.4, 0.5) is 4.39 Å². The molecule has 1 heterocycles. The molecular weight excluding hydrogens is 287 g/mol. The number of halogens is 1. The Balaban J connectivity index is 2.04. The second-order valence-corrected chi connectivity index (χ2v) is 5.70. The molecule has 0 spiro atoms. The van der Waals surface area contributed by atoms with Crippen LogP contribution < -0.4 is 11.1 Å². The van der Waals surface area contributed by atoms with Crippen LogP contribution in [0.1, 0.15) is 25.3 Å². The molecule has 0 amide bonds. The molecule has 1 aromatic heterocycles. The van der Waals surface area contributed by atoms with Crippen LogP contribution in [0.5, 0.6) is 0 Å². The first-order valence-corrected chi connectivity index (χ1v) is 7.74. The van der Waals surface area contributed by atoms with Gasteiger partial charge < -0.3 is 11.1 Å². The topological polar surface area (TPSA) is 63.3 Å². The third kappa shape index (κ3) is 4.26. The largest absolute Gasteiger partial charge is 0.370 e. The molecule has 2 rings (SSSR count). The van der Waals surface area contributed by atoms with Crippen molar-refractivity contribution in [3.63, 3.8) is 0 Å². The van der Waals surface area contributed by atoms with Crippen molar-refractivity contribution in [3.05, 3.63) is 40.5 Å². The zero-order valence-electron chi connectivity index (χ0n) is 12.1. The summed E-state index contributed by atoms with van der Waals surface area (Å²) in [6, 6.07) is 6.90. The van der Waals surface area contributed by atoms with Crippen molar-refractivity contribution in [1.82, 2.24) is 10.3 Å². The van der Waals surface area contributed by atoms with Crippen LogP contribution in [0.25, 0.3) is 11.3 Å². The summed E-state index contributed by atoms with van der Waals surface area (Å²) in [5.41, 5.74) is 6.94. The summed E-state index contributed by atoms with van der Waals surface area (Å²) in [6.45, 7) is 4.52. The summed E-state index contributed by atoms with van der Waals surface area (Å²) in [4.78, 5) is 8.65. The molecule has 0 aliphatic heterocycles. The van der Waals surface area contributed by atoms with Gasteiger partial charge in [-0.25, -0.2) is 14.4 Å². The number of rotatable bonds is 5. The van der Waals surface area contributed by atoms with Gasteiger partial charge in [-0.15, -0.1) is 11.3 Å². The van der Waals surface area contributed by atoms with Crippen molar-refractivity contribution in [2.45, 2.75) is 32.9 Å². The molecule has 1 unspecified atom stereocenters. The molecule has 4 nitrogen and oxygen atoms in total. The summed E-state index contributed by atoms with van der Waals surface area (Å²) in [5, 5.41) is 5.73. The Hall–Kier alpha value is -1.95. The van der Waals surface area contributed by atoms with Gasteiger partial charge in [0.1, 0.15) is 10.8 Å². The van der Waals surface area contributed by atoms with Crippen molar-refractivity contribution in [2.75, 3.05) is 0 Å². The predicted molar refractivity (Wildman–Crippen MR) is 85.7 cm³/mol. The van der Waals surface area contributed by atoms with Gasteiger partial charge in [-0.3, -0.25) is 0 Å². The maximum Gasteiger partial charge on any atom is 0.189 e. The Morgan fingerprint density at radius 3 is 2.95 bits per heavy atom. The summed E-state index contributed by atoms with van der Waals surface area (Å²) in [7, 11) is 0. The summed E-state index contributed by atoms with van der Waals surface area (Å²) < 4.78 is 13.7. The highest BCUT2D eigenvalue weighted by molar-refractivity contribution is 7.09. The number of aromatic nitrogens is 1. The van der Waals surface area contributed by atoms with Gasteiger partial charge in [0.2, 0.25) is 0 Å². The maximum atomic E-state index is 13.7. The molecule has 0 aliphatic rings. The van der Waals surface area contributed by atoms with Gasteiger partial charge in [-0.05, 0) is 25.5 Å². The minimum absolute atomic E-state index is 0.268. The van der Waals surface area contributed by atoms with Crippen molar-refractivity contribution in [2.24, 2.45) is 10.7 Å². The number of nitrogens with one attached hydrogen (secondary N) is 1. The van der Waals surface area contributed by atoms with Gasteiger partial charge in [0.15, 0.2) is 5.96 Å². The molecule has 0 saturated heterocycles. The van der Waals surface area contributed by atoms with E-state index >= 15 is 0 Å². The number of benzene rings is 1. The maximum absolute atomic E-state index is 13.7. The number of hydrogen-bond acceptors (Lipinski definition) is 3. The second kappa shape index (κ2) is 7.17. The van der Waals surface area contributed by atoms with E-state index in [4.69, 9.17) is 5.73 Å². The molecule has 0 aliphatic carbocycles. The molecule has 6 heteroatoms. The number of nitrogens with zero attached hydrogens (tertiary/aromatic N) is 2. The molecule has 0 bridgehead atoms. The molecule has 3 N–H and O–H groups in total. The number of guanidine groups is 1. The van der Waals surface area contributed by atoms with Gasteiger partial charge in [0.25, 0.3) is 0 Å². The van der Waals surface area contributed by atoms with Gasteiger partial charge in [0.05, 0.1) is 12.2 Å². The fourth-order valence-electron chi connectivity index (χ4n) is 1.73. The highest BCUT2D eigenvalue weighted by atomic mass is 32.1. The van der Waals surface area contributed by atoms with Crippen molar-refractivity contribution < 1.29 is 4.39 Å². The predicted octanol–water partition coefficient (Wildman–Crippen LogP) is 3.15. The molecule has 0 fully saturated rings. The van der Waals surface area contributed by atoms with Crippen molar-refractivity contribution >= 4 is 17.3 Å². The van der Waals surface area contributed by atoms with E-state index in [-0.39, 0.29) is 5.82 Å². The van der Waals surface area contributed by atoms with Crippen LogP contribution in [0.3, 0.4) is 0 Å². The van der Waals surface area contributed by atoms with Gasteiger partial charge in [-0.1, -0.05) is 19.1 Å². The van der Waals surface area contributed by atoms with E-state index in [1.165, 1.54) is 17.4 Å². The molecule has 1 aromatic carbocycles. The fraction of sp³-hybridized carbons (Fsp3) is 0.333. The third-order valence-corrected chi connectivity index (χ3v) is 3.93. The first-order chi connectivity index (χ1) is 10.1. The SMILES string of the molecule is CCC(C)NC(N)=NCc1nc(-c2ccccc2F)cs1. The molecule has 112 valence electrons. The molecule has 0 saturated carbocycles. The number of aliphatic imine (C=N–C) groups is 1. The zero-order chi connectivity index (χ0) is 15.2. The Morgan fingerprint density at radius 1 is 1.48 bits per heavy atom. The lowest BCUT2D eigenvalue weighted by atomic mass is 10.2. The summed E-state index contributed by atoms with van der Waals surface area (Å²) in [6.07, 6.45) is 0.977. The van der Waals surface area contributed by atoms with Crippen LogP contribution in [0.15, 0.2) is 34.6 Å². The standard InChI is InChI=1S/C15H19FN4S/c1-3-10(2)19-15(17)18-8-14-20-13(9-21-14)11-6-4-5-7-12(11)16/h4-7,9-10H,3,8H2,1-2H3,(H3,17,18,19). The summed E-state index contributed by atoms with van der Waals surface area (Å²) >= 11 is 1.45. The highest BCUT2D eigenvalue weighted by Crippen LogP contribution is 2.24. The normalized spacial score (nSPS) is 13.2. The Kier molecular flexibility index (Phi) is 5.27. The Labute approximate surface area is 127 Å². The molecule has 2 aromatic rings. The van der Waals surface area contributed by atoms with E-state index in [1.54, 1.807) is 18.2 Å². The minimum atomic E-state index is -0.268. The van der Waals surface area contributed by atoms with Gasteiger partial charge >= 0.3 is 0 Å². The van der Waals surface area contributed by atoms with E-state index in [2.05, 4.69) is 22.2 Å². The lowest BCUT2D eigenvalue weighted by Crippen LogP contribution is -2.38. The average molecular weight is 306 g/mol. The molecule has 0 radical (unpaired) electrons. The van der Waals surface area contributed by atoms with Crippen LogP contribution in [0.2, 0.25) is 0 Å². The number of hydrogen-bond donors (Lipinski definition) is 2. The third-order valence-electron chi connectivity index (χ3n) is 3.09. The van der Waals surface area contributed by atoms with E-state index in [0.717, 1.165) is 11.4 Å². The Morgan fingerprint density at radius 2 is 2.24 bits per heavy atom. The summed E-state index contributed by atoms with van der Waals surface area (Å²) in [5.74, 6) is 0.141. The van der Waals surface area contributed by atoms with Crippen LogP contribution in [-0.4, -0.2) is 17.0 Å². The quantitative estimate of drug-likeness (QED) is 0.659. The van der Waals surface area contributed by atoms with E-state index in [9.17, 15) is 4.39 Å².